The molecule has 1 atom stereocenters. The van der Waals surface area contributed by atoms with Crippen molar-refractivity contribution in [2.45, 2.75) is 97.3 Å². The molecule has 0 aliphatic carbocycles. The Hall–Kier alpha value is 0. The van der Waals surface area contributed by atoms with Gasteiger partial charge in [0.05, 0.1) is 0 Å². The molecule has 1 unspecified atom stereocenters. The highest BCUT2D eigenvalue weighted by atomic mass is 14.1. The van der Waals surface area contributed by atoms with Gasteiger partial charge in [0, 0.05) is 0 Å². The Bertz CT molecular complexity index is 128. The molecule has 0 spiro atoms. The van der Waals surface area contributed by atoms with E-state index in [-0.39, 0.29) is 0 Å². The fourth-order valence-electron chi connectivity index (χ4n) is 2.63. The summed E-state index contributed by atoms with van der Waals surface area (Å²) >= 11 is 0. The van der Waals surface area contributed by atoms with Crippen molar-refractivity contribution < 1.29 is 0 Å². The molecule has 0 aliphatic heterocycles. The van der Waals surface area contributed by atoms with Crippen LogP contribution in [0.2, 0.25) is 0 Å². The van der Waals surface area contributed by atoms with Gasteiger partial charge < -0.3 is 0 Å². The highest BCUT2D eigenvalue weighted by Gasteiger charge is 2.03. The Labute approximate surface area is 111 Å². The van der Waals surface area contributed by atoms with E-state index in [0.29, 0.717) is 0 Å². The van der Waals surface area contributed by atoms with Gasteiger partial charge in [-0.25, -0.2) is 0 Å². The zero-order chi connectivity index (χ0) is 12.8. The van der Waals surface area contributed by atoms with Crippen molar-refractivity contribution in [3.8, 4) is 0 Å². The quantitative estimate of drug-likeness (QED) is 0.320. The minimum atomic E-state index is 1.01. The van der Waals surface area contributed by atoms with Gasteiger partial charge in [0.2, 0.25) is 0 Å². The van der Waals surface area contributed by atoms with Gasteiger partial charge in [-0.05, 0) is 5.92 Å². The first-order chi connectivity index (χ1) is 8.35. The van der Waals surface area contributed by atoms with Gasteiger partial charge in [0.25, 0.3) is 0 Å². The van der Waals surface area contributed by atoms with E-state index in [9.17, 15) is 0 Å². The van der Waals surface area contributed by atoms with E-state index in [1.165, 1.54) is 77.0 Å². The molecule has 0 amide bonds. The topological polar surface area (TPSA) is 0 Å². The molecule has 0 aromatic carbocycles. The van der Waals surface area contributed by atoms with Crippen LogP contribution < -0.4 is 0 Å². The first kappa shape index (κ1) is 17.0. The summed E-state index contributed by atoms with van der Waals surface area (Å²) in [6, 6.07) is 0. The molecule has 0 saturated carbocycles. The minimum Gasteiger partial charge on any atom is -0.0654 e. The molecule has 0 saturated heterocycles. The average molecular weight is 239 g/mol. The predicted octanol–water partition coefficient (Wildman–Crippen LogP) is 6.55. The van der Waals surface area contributed by atoms with Gasteiger partial charge >= 0.3 is 0 Å². The number of hydrogen-bond acceptors (Lipinski definition) is 0. The molecule has 0 heterocycles. The first-order valence-electron chi connectivity index (χ1n) is 8.14. The number of hydrogen-bond donors (Lipinski definition) is 0. The minimum absolute atomic E-state index is 1.01. The molecular formula is C17H35. The Morgan fingerprint density at radius 3 is 1.71 bits per heavy atom. The molecule has 0 heteroatoms. The standard InChI is InChI=1S/C17H35/c1-4-7-8-9-10-11-12-13-14-16-17(6-3)15-5-2/h17H,1,4-16H2,2-3H3. The van der Waals surface area contributed by atoms with Crippen LogP contribution in [-0.4, -0.2) is 0 Å². The van der Waals surface area contributed by atoms with Crippen LogP contribution in [0.15, 0.2) is 0 Å². The summed E-state index contributed by atoms with van der Waals surface area (Å²) in [5.74, 6) is 1.01. The third-order valence-electron chi connectivity index (χ3n) is 3.89. The van der Waals surface area contributed by atoms with Crippen LogP contribution in [-0.2, 0) is 0 Å². The Morgan fingerprint density at radius 2 is 1.24 bits per heavy atom. The SMILES string of the molecule is [CH2]CCCCCCCCCCC(CC)CCC. The lowest BCUT2D eigenvalue weighted by Crippen LogP contribution is -1.97. The predicted molar refractivity (Wildman–Crippen MR) is 80.2 cm³/mol. The number of rotatable bonds is 13. The maximum atomic E-state index is 3.88. The van der Waals surface area contributed by atoms with E-state index in [1.54, 1.807) is 0 Å². The van der Waals surface area contributed by atoms with Crippen molar-refractivity contribution in [1.82, 2.24) is 0 Å². The van der Waals surface area contributed by atoms with E-state index in [4.69, 9.17) is 0 Å². The van der Waals surface area contributed by atoms with Crippen LogP contribution in [0.5, 0.6) is 0 Å². The number of unbranched alkanes of at least 4 members (excludes halogenated alkanes) is 8. The fraction of sp³-hybridized carbons (Fsp3) is 0.941. The largest absolute Gasteiger partial charge is 0.0654 e. The van der Waals surface area contributed by atoms with Crippen molar-refractivity contribution in [2.24, 2.45) is 5.92 Å². The van der Waals surface area contributed by atoms with E-state index >= 15 is 0 Å². The van der Waals surface area contributed by atoms with Crippen LogP contribution in [0.25, 0.3) is 0 Å². The van der Waals surface area contributed by atoms with E-state index in [2.05, 4.69) is 20.8 Å². The summed E-state index contributed by atoms with van der Waals surface area (Å²) < 4.78 is 0. The zero-order valence-electron chi connectivity index (χ0n) is 12.5. The van der Waals surface area contributed by atoms with Crippen molar-refractivity contribution in [3.63, 3.8) is 0 Å². The van der Waals surface area contributed by atoms with Gasteiger partial charge in [0.15, 0.2) is 0 Å². The molecule has 0 bridgehead atoms. The Balaban J connectivity index is 3.11. The van der Waals surface area contributed by atoms with Crippen LogP contribution in [0.4, 0.5) is 0 Å². The molecule has 0 N–H and O–H groups in total. The summed E-state index contributed by atoms with van der Waals surface area (Å²) in [5, 5.41) is 0. The maximum Gasteiger partial charge on any atom is -0.0417 e. The van der Waals surface area contributed by atoms with E-state index in [0.717, 1.165) is 12.3 Å². The van der Waals surface area contributed by atoms with Gasteiger partial charge in [-0.2, -0.15) is 0 Å². The molecule has 0 rings (SSSR count). The van der Waals surface area contributed by atoms with Crippen LogP contribution in [0.1, 0.15) is 97.3 Å². The van der Waals surface area contributed by atoms with Crippen molar-refractivity contribution >= 4 is 0 Å². The molecule has 0 aromatic heterocycles. The fourth-order valence-corrected chi connectivity index (χ4v) is 2.63. The molecule has 0 fully saturated rings. The molecule has 103 valence electrons. The average Bonchev–Trinajstić information content (AvgIpc) is 2.35. The Kier molecular flexibility index (Phi) is 14.1. The van der Waals surface area contributed by atoms with Crippen LogP contribution in [0, 0.1) is 12.8 Å². The molecule has 0 nitrogen and oxygen atoms in total. The molecule has 17 heavy (non-hydrogen) atoms. The van der Waals surface area contributed by atoms with Crippen molar-refractivity contribution in [3.05, 3.63) is 6.92 Å². The maximum absolute atomic E-state index is 3.88. The third kappa shape index (κ3) is 12.2. The summed E-state index contributed by atoms with van der Waals surface area (Å²) in [6.45, 7) is 8.55. The van der Waals surface area contributed by atoms with Crippen molar-refractivity contribution in [2.75, 3.05) is 0 Å². The summed E-state index contributed by atoms with van der Waals surface area (Å²) in [6.07, 6.45) is 18.3. The Morgan fingerprint density at radius 1 is 0.706 bits per heavy atom. The third-order valence-corrected chi connectivity index (χ3v) is 3.89. The first-order valence-corrected chi connectivity index (χ1v) is 8.14. The summed E-state index contributed by atoms with van der Waals surface area (Å²) in [5.41, 5.74) is 0. The molecule has 0 aromatic rings. The second-order valence-corrected chi connectivity index (χ2v) is 5.53. The summed E-state index contributed by atoms with van der Waals surface area (Å²) in [7, 11) is 0. The highest BCUT2D eigenvalue weighted by Crippen LogP contribution is 2.19. The lowest BCUT2D eigenvalue weighted by molar-refractivity contribution is 0.407. The zero-order valence-corrected chi connectivity index (χ0v) is 12.5. The lowest BCUT2D eigenvalue weighted by atomic mass is 9.94. The van der Waals surface area contributed by atoms with Gasteiger partial charge in [-0.15, -0.1) is 0 Å². The van der Waals surface area contributed by atoms with Crippen LogP contribution >= 0.6 is 0 Å². The van der Waals surface area contributed by atoms with E-state index < -0.39 is 0 Å². The van der Waals surface area contributed by atoms with Gasteiger partial charge in [-0.1, -0.05) is 104 Å². The molecule has 0 aliphatic rings. The highest BCUT2D eigenvalue weighted by molar-refractivity contribution is 4.57. The summed E-state index contributed by atoms with van der Waals surface area (Å²) in [4.78, 5) is 0. The lowest BCUT2D eigenvalue weighted by Gasteiger charge is -2.12. The smallest absolute Gasteiger partial charge is 0.0417 e. The van der Waals surface area contributed by atoms with Gasteiger partial charge in [0.1, 0.15) is 0 Å². The molecular weight excluding hydrogens is 204 g/mol. The second kappa shape index (κ2) is 14.1. The monoisotopic (exact) mass is 239 g/mol. The second-order valence-electron chi connectivity index (χ2n) is 5.53. The normalized spacial score (nSPS) is 12.9. The van der Waals surface area contributed by atoms with Crippen LogP contribution in [0.3, 0.4) is 0 Å². The molecule has 1 radical (unpaired) electrons. The van der Waals surface area contributed by atoms with Crippen molar-refractivity contribution in [1.29, 1.82) is 0 Å². The van der Waals surface area contributed by atoms with Gasteiger partial charge in [-0.3, -0.25) is 0 Å². The van der Waals surface area contributed by atoms with E-state index in [1.807, 2.05) is 0 Å².